The number of ketones is 1. The number of benzene rings is 2. The Hall–Kier alpha value is -3.74. The van der Waals surface area contributed by atoms with Gasteiger partial charge in [0.15, 0.2) is 5.78 Å². The fourth-order valence-electron chi connectivity index (χ4n) is 3.91. The Balaban J connectivity index is 1.99. The number of hydrogen-bond acceptors (Lipinski definition) is 4. The molecule has 0 spiro atoms. The molecule has 7 heteroatoms. The minimum absolute atomic E-state index is 0.118. The van der Waals surface area contributed by atoms with Crippen molar-refractivity contribution in [2.75, 3.05) is 6.61 Å². The van der Waals surface area contributed by atoms with Crippen LogP contribution in [0.1, 0.15) is 67.4 Å². The lowest BCUT2D eigenvalue weighted by atomic mass is 9.98. The van der Waals surface area contributed by atoms with Gasteiger partial charge in [0.1, 0.15) is 11.5 Å². The number of halogens is 1. The van der Waals surface area contributed by atoms with Crippen molar-refractivity contribution in [3.63, 3.8) is 0 Å². The number of carbonyl (C=O) groups excluding carboxylic acids is 3. The fraction of sp³-hybridized carbons (Fsp3) is 0.296. The molecular weight excluding hydrogens is 435 g/mol. The SMILES string of the molecule is CCOC(=O)c1[nH]c(C)c(C(=O)[C@@H](C)N(Cc2ccc(F)cc2)C(=O)c2ccc(C)cc2)c1C. The number of ether oxygens (including phenoxy) is 1. The molecular formula is C27H29FN2O4. The number of nitrogens with one attached hydrogen (secondary N) is 1. The summed E-state index contributed by atoms with van der Waals surface area (Å²) in [5.41, 5.74) is 3.74. The van der Waals surface area contributed by atoms with Crippen molar-refractivity contribution < 1.29 is 23.5 Å². The lowest BCUT2D eigenvalue weighted by molar-refractivity contribution is 0.0518. The highest BCUT2D eigenvalue weighted by Gasteiger charge is 2.32. The molecule has 0 bridgehead atoms. The molecule has 1 amide bonds. The van der Waals surface area contributed by atoms with Gasteiger partial charge >= 0.3 is 5.97 Å². The highest BCUT2D eigenvalue weighted by Crippen LogP contribution is 2.24. The summed E-state index contributed by atoms with van der Waals surface area (Å²) < 4.78 is 18.5. The molecule has 34 heavy (non-hydrogen) atoms. The number of nitrogens with zero attached hydrogens (tertiary/aromatic N) is 1. The summed E-state index contributed by atoms with van der Waals surface area (Å²) in [6.07, 6.45) is 0. The highest BCUT2D eigenvalue weighted by atomic mass is 19.1. The van der Waals surface area contributed by atoms with Crippen molar-refractivity contribution in [3.05, 3.63) is 93.6 Å². The summed E-state index contributed by atoms with van der Waals surface area (Å²) in [6.45, 7) is 9.02. The Morgan fingerprint density at radius 1 is 1.00 bits per heavy atom. The summed E-state index contributed by atoms with van der Waals surface area (Å²) in [7, 11) is 0. The number of Topliss-reactive ketones (excluding diaryl/α,β-unsaturated/α-hetero) is 1. The Bertz CT molecular complexity index is 1200. The third kappa shape index (κ3) is 5.25. The van der Waals surface area contributed by atoms with Gasteiger partial charge in [0, 0.05) is 23.4 Å². The number of rotatable bonds is 8. The van der Waals surface area contributed by atoms with Crippen LogP contribution in [0.5, 0.6) is 0 Å². The number of aromatic amines is 1. The third-order valence-electron chi connectivity index (χ3n) is 5.84. The predicted molar refractivity (Wildman–Crippen MR) is 127 cm³/mol. The average molecular weight is 465 g/mol. The van der Waals surface area contributed by atoms with Crippen LogP contribution in [0.3, 0.4) is 0 Å². The normalized spacial score (nSPS) is 11.7. The summed E-state index contributed by atoms with van der Waals surface area (Å²) in [4.78, 5) is 43.8. The molecule has 1 aromatic heterocycles. The molecule has 0 saturated heterocycles. The van der Waals surface area contributed by atoms with E-state index in [0.717, 1.165) is 5.56 Å². The first-order valence-corrected chi connectivity index (χ1v) is 11.2. The number of aryl methyl sites for hydroxylation is 2. The van der Waals surface area contributed by atoms with Crippen LogP contribution in [0, 0.1) is 26.6 Å². The largest absolute Gasteiger partial charge is 0.461 e. The summed E-state index contributed by atoms with van der Waals surface area (Å²) >= 11 is 0. The summed E-state index contributed by atoms with van der Waals surface area (Å²) in [5, 5.41) is 0. The molecule has 2 aromatic carbocycles. The molecule has 0 aliphatic heterocycles. The van der Waals surface area contributed by atoms with E-state index < -0.39 is 12.0 Å². The minimum atomic E-state index is -0.845. The van der Waals surface area contributed by atoms with Gasteiger partial charge in [-0.15, -0.1) is 0 Å². The van der Waals surface area contributed by atoms with Gasteiger partial charge in [-0.05, 0) is 70.0 Å². The molecule has 0 aliphatic rings. The Morgan fingerprint density at radius 2 is 1.62 bits per heavy atom. The Labute approximate surface area is 198 Å². The van der Waals surface area contributed by atoms with Gasteiger partial charge < -0.3 is 14.6 Å². The van der Waals surface area contributed by atoms with E-state index in [-0.39, 0.29) is 36.4 Å². The van der Waals surface area contributed by atoms with Crippen LogP contribution in [0.15, 0.2) is 48.5 Å². The first-order chi connectivity index (χ1) is 16.1. The topological polar surface area (TPSA) is 79.5 Å². The molecule has 1 atom stereocenters. The quantitative estimate of drug-likeness (QED) is 0.368. The Kier molecular flexibility index (Phi) is 7.66. The monoisotopic (exact) mass is 464 g/mol. The van der Waals surface area contributed by atoms with E-state index in [1.54, 1.807) is 52.0 Å². The van der Waals surface area contributed by atoms with Crippen LogP contribution in [-0.2, 0) is 11.3 Å². The van der Waals surface area contributed by atoms with E-state index >= 15 is 0 Å². The van der Waals surface area contributed by atoms with E-state index in [9.17, 15) is 18.8 Å². The highest BCUT2D eigenvalue weighted by molar-refractivity contribution is 6.07. The van der Waals surface area contributed by atoms with E-state index in [2.05, 4.69) is 4.98 Å². The van der Waals surface area contributed by atoms with Gasteiger partial charge in [0.05, 0.1) is 12.6 Å². The van der Waals surface area contributed by atoms with E-state index in [0.29, 0.717) is 27.9 Å². The van der Waals surface area contributed by atoms with E-state index in [1.165, 1.54) is 17.0 Å². The van der Waals surface area contributed by atoms with Crippen molar-refractivity contribution >= 4 is 17.7 Å². The zero-order valence-electron chi connectivity index (χ0n) is 20.1. The van der Waals surface area contributed by atoms with E-state index in [4.69, 9.17) is 4.74 Å². The van der Waals surface area contributed by atoms with E-state index in [1.807, 2.05) is 19.1 Å². The average Bonchev–Trinajstić information content (AvgIpc) is 3.11. The predicted octanol–water partition coefficient (Wildman–Crippen LogP) is 5.17. The van der Waals surface area contributed by atoms with Crippen molar-refractivity contribution in [2.45, 2.75) is 47.2 Å². The van der Waals surface area contributed by atoms with Crippen LogP contribution < -0.4 is 0 Å². The maximum Gasteiger partial charge on any atom is 0.355 e. The van der Waals surface area contributed by atoms with Gasteiger partial charge in [-0.1, -0.05) is 29.8 Å². The standard InChI is InChI=1S/C27H29FN2O4/c1-6-34-27(33)24-17(3)23(18(4)29-24)25(31)19(5)30(15-20-9-13-22(28)14-10-20)26(32)21-11-7-16(2)8-12-21/h7-14,19,29H,6,15H2,1-5H3/t19-/m1/s1. The molecule has 0 fully saturated rings. The molecule has 0 saturated carbocycles. The number of amides is 1. The molecule has 0 aliphatic carbocycles. The molecule has 1 heterocycles. The number of hydrogen-bond donors (Lipinski definition) is 1. The van der Waals surface area contributed by atoms with Crippen molar-refractivity contribution in [3.8, 4) is 0 Å². The zero-order chi connectivity index (χ0) is 25.0. The number of aromatic nitrogens is 1. The second kappa shape index (κ2) is 10.5. The Morgan fingerprint density at radius 3 is 2.21 bits per heavy atom. The van der Waals surface area contributed by atoms with Gasteiger partial charge in [-0.3, -0.25) is 9.59 Å². The van der Waals surface area contributed by atoms with Crippen LogP contribution in [0.2, 0.25) is 0 Å². The first kappa shape index (κ1) is 24.9. The molecule has 0 radical (unpaired) electrons. The number of H-pyrrole nitrogens is 1. The van der Waals surface area contributed by atoms with Crippen LogP contribution in [0.25, 0.3) is 0 Å². The number of esters is 1. The molecule has 178 valence electrons. The minimum Gasteiger partial charge on any atom is -0.461 e. The second-order valence-electron chi connectivity index (χ2n) is 8.31. The molecule has 3 rings (SSSR count). The first-order valence-electron chi connectivity index (χ1n) is 11.2. The van der Waals surface area contributed by atoms with Crippen molar-refractivity contribution in [2.24, 2.45) is 0 Å². The maximum atomic E-state index is 13.6. The fourth-order valence-corrected chi connectivity index (χ4v) is 3.91. The van der Waals surface area contributed by atoms with Crippen molar-refractivity contribution in [1.82, 2.24) is 9.88 Å². The molecule has 6 nitrogen and oxygen atoms in total. The van der Waals surface area contributed by atoms with Gasteiger partial charge in [0.2, 0.25) is 0 Å². The molecule has 1 N–H and O–H groups in total. The number of carbonyl (C=O) groups is 3. The third-order valence-corrected chi connectivity index (χ3v) is 5.84. The second-order valence-corrected chi connectivity index (χ2v) is 8.31. The zero-order valence-corrected chi connectivity index (χ0v) is 20.1. The lowest BCUT2D eigenvalue weighted by Crippen LogP contribution is -2.43. The molecule has 3 aromatic rings. The molecule has 0 unspecified atom stereocenters. The van der Waals surface area contributed by atoms with Gasteiger partial charge in [0.25, 0.3) is 5.91 Å². The summed E-state index contributed by atoms with van der Waals surface area (Å²) in [6, 6.07) is 12.1. The van der Waals surface area contributed by atoms with Gasteiger partial charge in [-0.2, -0.15) is 0 Å². The maximum absolute atomic E-state index is 13.6. The summed E-state index contributed by atoms with van der Waals surface area (Å²) in [5.74, 6) is -1.53. The van der Waals surface area contributed by atoms with Crippen LogP contribution >= 0.6 is 0 Å². The van der Waals surface area contributed by atoms with Crippen molar-refractivity contribution in [1.29, 1.82) is 0 Å². The van der Waals surface area contributed by atoms with Gasteiger partial charge in [-0.25, -0.2) is 9.18 Å². The van der Waals surface area contributed by atoms with Crippen LogP contribution in [-0.4, -0.2) is 40.2 Å². The smallest absolute Gasteiger partial charge is 0.355 e. The van der Waals surface area contributed by atoms with Crippen LogP contribution in [0.4, 0.5) is 4.39 Å². The lowest BCUT2D eigenvalue weighted by Gasteiger charge is -2.29.